The summed E-state index contributed by atoms with van der Waals surface area (Å²) < 4.78 is 11.7. The van der Waals surface area contributed by atoms with Crippen molar-refractivity contribution < 1.29 is 19.1 Å². The molecule has 6 aliphatic rings. The van der Waals surface area contributed by atoms with Crippen LogP contribution in [0.2, 0.25) is 0 Å². The lowest BCUT2D eigenvalue weighted by Gasteiger charge is -2.53. The van der Waals surface area contributed by atoms with Crippen molar-refractivity contribution in [1.82, 2.24) is 9.80 Å². The fourth-order valence-electron chi connectivity index (χ4n) is 6.92. The van der Waals surface area contributed by atoms with E-state index < -0.39 is 5.60 Å². The van der Waals surface area contributed by atoms with E-state index in [4.69, 9.17) is 9.47 Å². The van der Waals surface area contributed by atoms with E-state index in [9.17, 15) is 9.59 Å². The monoisotopic (exact) mass is 390 g/mol. The molecule has 156 valence electrons. The Hall–Kier alpha value is -1.46. The zero-order valence-corrected chi connectivity index (χ0v) is 17.4. The first kappa shape index (κ1) is 18.6. The molecule has 6 rings (SSSR count). The third-order valence-electron chi connectivity index (χ3n) is 7.81. The van der Waals surface area contributed by atoms with E-state index in [0.29, 0.717) is 30.8 Å². The molecule has 4 aliphatic carbocycles. The van der Waals surface area contributed by atoms with Gasteiger partial charge in [-0.1, -0.05) is 0 Å². The Morgan fingerprint density at radius 3 is 2.11 bits per heavy atom. The first-order valence-corrected chi connectivity index (χ1v) is 11.2. The predicted molar refractivity (Wildman–Crippen MR) is 104 cm³/mol. The van der Waals surface area contributed by atoms with Crippen molar-refractivity contribution in [3.63, 3.8) is 0 Å². The SMILES string of the molecule is CC(C)(C)OC(=O)N1CCC2CN(C(=O)OC3C4CC5CC(C4)CC3C5)CC21. The number of carbonyl (C=O) groups excluding carboxylic acids is 2. The fourth-order valence-corrected chi connectivity index (χ4v) is 6.92. The summed E-state index contributed by atoms with van der Waals surface area (Å²) in [5.74, 6) is 3.27. The van der Waals surface area contributed by atoms with Gasteiger partial charge in [0.05, 0.1) is 6.04 Å². The number of nitrogens with zero attached hydrogens (tertiary/aromatic N) is 2. The quantitative estimate of drug-likeness (QED) is 0.682. The van der Waals surface area contributed by atoms with Gasteiger partial charge in [0.2, 0.25) is 0 Å². The van der Waals surface area contributed by atoms with Gasteiger partial charge in [0.1, 0.15) is 11.7 Å². The van der Waals surface area contributed by atoms with Crippen LogP contribution in [-0.2, 0) is 9.47 Å². The minimum atomic E-state index is -0.494. The number of hydrogen-bond donors (Lipinski definition) is 0. The summed E-state index contributed by atoms with van der Waals surface area (Å²) in [4.78, 5) is 29.1. The standard InChI is InChI=1S/C22H34N2O4/c1-22(2,3)28-21(26)24-5-4-15-11-23(12-18(15)24)20(25)27-19-16-7-13-6-14(9-16)10-17(19)8-13/h13-19H,4-12H2,1-3H3. The van der Waals surface area contributed by atoms with Gasteiger partial charge in [-0.3, -0.25) is 0 Å². The highest BCUT2D eigenvalue weighted by atomic mass is 16.6. The Balaban J connectivity index is 1.19. The second kappa shape index (κ2) is 6.53. The number of fused-ring (bicyclic) bond motifs is 1. The van der Waals surface area contributed by atoms with Crippen LogP contribution in [0.1, 0.15) is 59.3 Å². The average molecular weight is 391 g/mol. The number of rotatable bonds is 1. The summed E-state index contributed by atoms with van der Waals surface area (Å²) in [5, 5.41) is 0. The molecular formula is C22H34N2O4. The van der Waals surface area contributed by atoms with Gasteiger partial charge in [0, 0.05) is 25.6 Å². The van der Waals surface area contributed by atoms with Crippen molar-refractivity contribution in [2.24, 2.45) is 29.6 Å². The Labute approximate surface area is 167 Å². The molecule has 2 atom stereocenters. The molecule has 4 saturated carbocycles. The highest BCUT2D eigenvalue weighted by molar-refractivity contribution is 5.71. The first-order chi connectivity index (χ1) is 13.3. The molecule has 0 aromatic rings. The molecule has 0 aromatic heterocycles. The summed E-state index contributed by atoms with van der Waals surface area (Å²) in [6.07, 6.45) is 7.07. The van der Waals surface area contributed by atoms with Gasteiger partial charge in [-0.15, -0.1) is 0 Å². The van der Waals surface area contributed by atoms with Gasteiger partial charge in [-0.25, -0.2) is 9.59 Å². The van der Waals surface area contributed by atoms with Crippen LogP contribution in [0.3, 0.4) is 0 Å². The molecule has 4 bridgehead atoms. The molecular weight excluding hydrogens is 356 g/mol. The van der Waals surface area contributed by atoms with E-state index in [2.05, 4.69) is 0 Å². The summed E-state index contributed by atoms with van der Waals surface area (Å²) in [7, 11) is 0. The van der Waals surface area contributed by atoms with Crippen molar-refractivity contribution in [2.45, 2.75) is 77.0 Å². The van der Waals surface area contributed by atoms with Crippen molar-refractivity contribution in [2.75, 3.05) is 19.6 Å². The molecule has 2 saturated heterocycles. The summed E-state index contributed by atoms with van der Waals surface area (Å²) >= 11 is 0. The Kier molecular flexibility index (Phi) is 4.33. The van der Waals surface area contributed by atoms with Gasteiger partial charge >= 0.3 is 12.2 Å². The lowest BCUT2D eigenvalue weighted by Crippen LogP contribution is -2.51. The third kappa shape index (κ3) is 3.26. The van der Waals surface area contributed by atoms with Gasteiger partial charge < -0.3 is 19.3 Å². The topological polar surface area (TPSA) is 59.1 Å². The van der Waals surface area contributed by atoms with Crippen LogP contribution < -0.4 is 0 Å². The fraction of sp³-hybridized carbons (Fsp3) is 0.909. The maximum absolute atomic E-state index is 12.9. The molecule has 2 unspecified atom stereocenters. The largest absolute Gasteiger partial charge is 0.446 e. The lowest BCUT2D eigenvalue weighted by atomic mass is 9.55. The van der Waals surface area contributed by atoms with Crippen LogP contribution in [0, 0.1) is 29.6 Å². The molecule has 2 aliphatic heterocycles. The van der Waals surface area contributed by atoms with Crippen molar-refractivity contribution in [3.05, 3.63) is 0 Å². The van der Waals surface area contributed by atoms with E-state index in [1.807, 2.05) is 30.6 Å². The van der Waals surface area contributed by atoms with E-state index in [1.54, 1.807) is 0 Å². The van der Waals surface area contributed by atoms with Crippen LogP contribution in [-0.4, -0.2) is 59.4 Å². The maximum Gasteiger partial charge on any atom is 0.410 e. The van der Waals surface area contributed by atoms with Crippen LogP contribution >= 0.6 is 0 Å². The Morgan fingerprint density at radius 1 is 0.857 bits per heavy atom. The van der Waals surface area contributed by atoms with Crippen LogP contribution in [0.15, 0.2) is 0 Å². The molecule has 2 heterocycles. The molecule has 0 aromatic carbocycles. The number of amides is 2. The highest BCUT2D eigenvalue weighted by Crippen LogP contribution is 2.54. The molecule has 0 radical (unpaired) electrons. The van der Waals surface area contributed by atoms with E-state index in [0.717, 1.165) is 24.8 Å². The minimum absolute atomic E-state index is 0.0703. The van der Waals surface area contributed by atoms with Crippen LogP contribution in [0.25, 0.3) is 0 Å². The van der Waals surface area contributed by atoms with Crippen molar-refractivity contribution in [1.29, 1.82) is 0 Å². The molecule has 28 heavy (non-hydrogen) atoms. The van der Waals surface area contributed by atoms with E-state index in [-0.39, 0.29) is 24.3 Å². The smallest absolute Gasteiger partial charge is 0.410 e. The second-order valence-corrected chi connectivity index (χ2v) is 11.0. The number of likely N-dealkylation sites (tertiary alicyclic amines) is 2. The lowest BCUT2D eigenvalue weighted by molar-refractivity contribution is -0.102. The summed E-state index contributed by atoms with van der Waals surface area (Å²) in [6, 6.07) is 0.0703. The van der Waals surface area contributed by atoms with Gasteiger partial charge in [0.15, 0.2) is 0 Å². The first-order valence-electron chi connectivity index (χ1n) is 11.2. The van der Waals surface area contributed by atoms with E-state index in [1.165, 1.54) is 32.1 Å². The molecule has 6 heteroatoms. The number of hydrogen-bond acceptors (Lipinski definition) is 4. The van der Waals surface area contributed by atoms with Crippen LogP contribution in [0.5, 0.6) is 0 Å². The maximum atomic E-state index is 12.9. The summed E-state index contributed by atoms with van der Waals surface area (Å²) in [5.41, 5.74) is -0.494. The molecule has 0 spiro atoms. The van der Waals surface area contributed by atoms with Gasteiger partial charge in [0.25, 0.3) is 0 Å². The summed E-state index contributed by atoms with van der Waals surface area (Å²) in [6.45, 7) is 7.68. The number of carbonyl (C=O) groups is 2. The average Bonchev–Trinajstić information content (AvgIpc) is 3.16. The predicted octanol–water partition coefficient (Wildman–Crippen LogP) is 3.89. The van der Waals surface area contributed by atoms with Crippen molar-refractivity contribution >= 4 is 12.2 Å². The molecule has 2 amide bonds. The van der Waals surface area contributed by atoms with Gasteiger partial charge in [-0.2, -0.15) is 0 Å². The second-order valence-electron chi connectivity index (χ2n) is 11.0. The normalized spacial score (nSPS) is 41.3. The minimum Gasteiger partial charge on any atom is -0.446 e. The van der Waals surface area contributed by atoms with E-state index >= 15 is 0 Å². The van der Waals surface area contributed by atoms with Crippen molar-refractivity contribution in [3.8, 4) is 0 Å². The molecule has 6 nitrogen and oxygen atoms in total. The third-order valence-corrected chi connectivity index (χ3v) is 7.81. The Bertz CT molecular complexity index is 629. The Morgan fingerprint density at radius 2 is 1.50 bits per heavy atom. The highest BCUT2D eigenvalue weighted by Gasteiger charge is 2.51. The molecule has 0 N–H and O–H groups in total. The zero-order chi connectivity index (χ0) is 19.6. The number of ether oxygens (including phenoxy) is 2. The molecule has 6 fully saturated rings. The van der Waals surface area contributed by atoms with Gasteiger partial charge in [-0.05, 0) is 83.0 Å². The van der Waals surface area contributed by atoms with Crippen LogP contribution in [0.4, 0.5) is 9.59 Å². The zero-order valence-electron chi connectivity index (χ0n) is 17.4.